The van der Waals surface area contributed by atoms with Gasteiger partial charge in [0, 0.05) is 17.2 Å². The van der Waals surface area contributed by atoms with Crippen molar-refractivity contribution < 1.29 is 19.1 Å². The van der Waals surface area contributed by atoms with E-state index >= 15 is 0 Å². The van der Waals surface area contributed by atoms with Gasteiger partial charge in [0.25, 0.3) is 0 Å². The van der Waals surface area contributed by atoms with Gasteiger partial charge in [-0.2, -0.15) is 5.10 Å². The number of hydrogen-bond donors (Lipinski definition) is 1. The lowest BCUT2D eigenvalue weighted by atomic mass is 9.78. The number of esters is 1. The number of morpholine rings is 1. The quantitative estimate of drug-likeness (QED) is 0.183. The Morgan fingerprint density at radius 3 is 2.55 bits per heavy atom. The average molecular weight is 520 g/mol. The first-order chi connectivity index (χ1) is 18.5. The molecule has 1 saturated heterocycles. The first-order valence-corrected chi connectivity index (χ1v) is 14.1. The van der Waals surface area contributed by atoms with Gasteiger partial charge < -0.3 is 15.2 Å². The summed E-state index contributed by atoms with van der Waals surface area (Å²) in [4.78, 5) is 25.5. The van der Waals surface area contributed by atoms with Crippen molar-refractivity contribution >= 4 is 18.0 Å². The summed E-state index contributed by atoms with van der Waals surface area (Å²) in [5.41, 5.74) is 10.9. The second-order valence-electron chi connectivity index (χ2n) is 10.3. The van der Waals surface area contributed by atoms with Crippen LogP contribution in [-0.2, 0) is 20.7 Å². The van der Waals surface area contributed by atoms with Gasteiger partial charge in [-0.05, 0) is 47.9 Å². The zero-order valence-electron chi connectivity index (χ0n) is 22.6. The van der Waals surface area contributed by atoms with Gasteiger partial charge in [0.2, 0.25) is 0 Å². The number of hydrogen-bond acceptors (Lipinski definition) is 7. The van der Waals surface area contributed by atoms with Crippen LogP contribution in [0.25, 0.3) is 0 Å². The van der Waals surface area contributed by atoms with Crippen molar-refractivity contribution in [3.05, 3.63) is 70.3 Å². The third-order valence-corrected chi connectivity index (χ3v) is 7.53. The molecular formula is C31H41N3O4. The number of rotatable bonds is 12. The Hall–Kier alpha value is -3.03. The van der Waals surface area contributed by atoms with Crippen molar-refractivity contribution in [3.63, 3.8) is 0 Å². The number of nitrogens with two attached hydrogens (primary N) is 1. The Morgan fingerprint density at radius 2 is 1.79 bits per heavy atom. The van der Waals surface area contributed by atoms with Gasteiger partial charge in [-0.1, -0.05) is 69.0 Å². The highest BCUT2D eigenvalue weighted by Crippen LogP contribution is 2.35. The summed E-state index contributed by atoms with van der Waals surface area (Å²) in [5, 5.41) is 6.49. The van der Waals surface area contributed by atoms with Crippen LogP contribution in [0.15, 0.2) is 47.6 Å². The Labute approximate surface area is 226 Å². The van der Waals surface area contributed by atoms with Gasteiger partial charge in [-0.3, -0.25) is 14.6 Å². The molecule has 2 aliphatic rings. The molecule has 0 radical (unpaired) electrons. The third-order valence-electron chi connectivity index (χ3n) is 7.53. The zero-order chi connectivity index (χ0) is 26.7. The van der Waals surface area contributed by atoms with E-state index in [-0.39, 0.29) is 23.7 Å². The molecule has 0 amide bonds. The van der Waals surface area contributed by atoms with Crippen LogP contribution in [0.3, 0.4) is 0 Å². The molecular weight excluding hydrogens is 478 g/mol. The number of ketones is 1. The molecule has 1 aliphatic heterocycles. The minimum Gasteiger partial charge on any atom is -0.466 e. The highest BCUT2D eigenvalue weighted by molar-refractivity contribution is 6.09. The van der Waals surface area contributed by atoms with Gasteiger partial charge >= 0.3 is 5.97 Å². The monoisotopic (exact) mass is 519 g/mol. The second kappa shape index (κ2) is 14.2. The molecule has 2 aromatic rings. The summed E-state index contributed by atoms with van der Waals surface area (Å²) in [6, 6.07) is 13.1. The maximum atomic E-state index is 13.2. The lowest BCUT2D eigenvalue weighted by Crippen LogP contribution is -2.32. The number of carbonyl (C=O) groups excluding carboxylic acids is 2. The van der Waals surface area contributed by atoms with Crippen LogP contribution >= 0.6 is 0 Å². The number of ether oxygens (including phenoxy) is 2. The van der Waals surface area contributed by atoms with Crippen LogP contribution in [0.2, 0.25) is 0 Å². The number of unbranched alkanes of at least 4 members (excludes halogenated alkanes) is 4. The highest BCUT2D eigenvalue weighted by Gasteiger charge is 2.29. The molecule has 1 aliphatic carbocycles. The van der Waals surface area contributed by atoms with Gasteiger partial charge in [-0.25, -0.2) is 0 Å². The third kappa shape index (κ3) is 7.74. The van der Waals surface area contributed by atoms with E-state index in [0.717, 1.165) is 55.5 Å². The van der Waals surface area contributed by atoms with Crippen molar-refractivity contribution in [2.75, 3.05) is 32.9 Å². The molecule has 2 unspecified atom stereocenters. The molecule has 38 heavy (non-hydrogen) atoms. The summed E-state index contributed by atoms with van der Waals surface area (Å²) >= 11 is 0. The molecule has 7 heteroatoms. The van der Waals surface area contributed by atoms with Crippen molar-refractivity contribution in [1.82, 2.24) is 5.01 Å². The van der Waals surface area contributed by atoms with E-state index in [2.05, 4.69) is 12.0 Å². The standard InChI is InChI=1S/C31H41N3O4/c1-2-3-4-5-6-17-38-29(35)21-26-12-11-25-20-27(13-14-28(25)30(26)32)31(36)24-9-7-23(8-10-24)22-33-34-15-18-37-19-16-34/h7-10,13-14,20,22,26,30H,2-6,11-12,15-19,21,32H2,1H3. The Kier molecular flexibility index (Phi) is 10.5. The van der Waals surface area contributed by atoms with E-state index < -0.39 is 0 Å². The van der Waals surface area contributed by atoms with Crippen LogP contribution in [0.5, 0.6) is 0 Å². The van der Waals surface area contributed by atoms with Gasteiger partial charge in [-0.15, -0.1) is 0 Å². The fourth-order valence-corrected chi connectivity index (χ4v) is 5.16. The number of nitrogens with zero attached hydrogens (tertiary/aromatic N) is 2. The zero-order valence-corrected chi connectivity index (χ0v) is 22.6. The summed E-state index contributed by atoms with van der Waals surface area (Å²) in [6.07, 6.45) is 9.43. The maximum Gasteiger partial charge on any atom is 0.306 e. The molecule has 2 aromatic carbocycles. The van der Waals surface area contributed by atoms with E-state index in [1.807, 2.05) is 53.7 Å². The number of fused-ring (bicyclic) bond motifs is 1. The molecule has 2 N–H and O–H groups in total. The van der Waals surface area contributed by atoms with Crippen LogP contribution in [0.4, 0.5) is 0 Å². The predicted octanol–water partition coefficient (Wildman–Crippen LogP) is 5.05. The molecule has 204 valence electrons. The van der Waals surface area contributed by atoms with Gasteiger partial charge in [0.1, 0.15) is 0 Å². The first-order valence-electron chi connectivity index (χ1n) is 14.1. The smallest absolute Gasteiger partial charge is 0.306 e. The van der Waals surface area contributed by atoms with E-state index in [9.17, 15) is 9.59 Å². The molecule has 0 saturated carbocycles. The van der Waals surface area contributed by atoms with Crippen LogP contribution in [0.1, 0.15) is 90.5 Å². The number of carbonyl (C=O) groups is 2. The molecule has 1 fully saturated rings. The summed E-state index contributed by atoms with van der Waals surface area (Å²) < 4.78 is 10.8. The summed E-state index contributed by atoms with van der Waals surface area (Å²) in [5.74, 6) is -0.111. The lowest BCUT2D eigenvalue weighted by molar-refractivity contribution is -0.145. The lowest BCUT2D eigenvalue weighted by Gasteiger charge is -2.30. The molecule has 0 bridgehead atoms. The van der Waals surface area contributed by atoms with Gasteiger partial charge in [0.05, 0.1) is 45.5 Å². The predicted molar refractivity (Wildman–Crippen MR) is 149 cm³/mol. The SMILES string of the molecule is CCCCCCCOC(=O)CC1CCc2cc(C(=O)c3ccc(C=NN4CCOCC4)cc3)ccc2C1N. The summed E-state index contributed by atoms with van der Waals surface area (Å²) in [7, 11) is 0. The van der Waals surface area contributed by atoms with E-state index in [1.54, 1.807) is 0 Å². The van der Waals surface area contributed by atoms with Crippen LogP contribution in [0, 0.1) is 5.92 Å². The topological polar surface area (TPSA) is 94.2 Å². The minimum atomic E-state index is -0.231. The molecule has 7 nitrogen and oxygen atoms in total. The van der Waals surface area contributed by atoms with Crippen molar-refractivity contribution in [3.8, 4) is 0 Å². The van der Waals surface area contributed by atoms with Crippen molar-refractivity contribution in [1.29, 1.82) is 0 Å². The van der Waals surface area contributed by atoms with Crippen molar-refractivity contribution in [2.24, 2.45) is 16.8 Å². The maximum absolute atomic E-state index is 13.2. The molecule has 0 spiro atoms. The number of aryl methyl sites for hydroxylation is 1. The van der Waals surface area contributed by atoms with Gasteiger partial charge in [0.15, 0.2) is 5.78 Å². The first kappa shape index (κ1) is 28.0. The highest BCUT2D eigenvalue weighted by atomic mass is 16.5. The van der Waals surface area contributed by atoms with Crippen molar-refractivity contribution in [2.45, 2.75) is 64.3 Å². The minimum absolute atomic E-state index is 0.0114. The molecule has 2 atom stereocenters. The molecule has 0 aromatic heterocycles. The van der Waals surface area contributed by atoms with E-state index in [0.29, 0.717) is 37.4 Å². The molecule has 1 heterocycles. The van der Waals surface area contributed by atoms with Crippen LogP contribution < -0.4 is 5.73 Å². The fourth-order valence-electron chi connectivity index (χ4n) is 5.16. The number of hydrazone groups is 1. The summed E-state index contributed by atoms with van der Waals surface area (Å²) in [6.45, 7) is 5.66. The fraction of sp³-hybridized carbons (Fsp3) is 0.516. The second-order valence-corrected chi connectivity index (χ2v) is 10.3. The largest absolute Gasteiger partial charge is 0.466 e. The van der Waals surface area contributed by atoms with E-state index in [4.69, 9.17) is 15.2 Å². The Bertz CT molecular complexity index is 1090. The van der Waals surface area contributed by atoms with E-state index in [1.165, 1.54) is 19.3 Å². The molecule has 4 rings (SSSR count). The Balaban J connectivity index is 1.30. The Morgan fingerprint density at radius 1 is 1.05 bits per heavy atom. The van der Waals surface area contributed by atoms with Crippen LogP contribution in [-0.4, -0.2) is 55.9 Å². The average Bonchev–Trinajstić information content (AvgIpc) is 2.95. The normalized spacial score (nSPS) is 19.4. The number of benzene rings is 2.